The highest BCUT2D eigenvalue weighted by molar-refractivity contribution is 5.77. The topological polar surface area (TPSA) is 40.6 Å². The lowest BCUT2D eigenvalue weighted by atomic mass is 9.82. The summed E-state index contributed by atoms with van der Waals surface area (Å²) in [6.07, 6.45) is 12.5. The minimum Gasteiger partial charge on any atom is -0.343 e. The van der Waals surface area contributed by atoms with Crippen molar-refractivity contribution in [1.82, 2.24) is 9.80 Å². The summed E-state index contributed by atoms with van der Waals surface area (Å²) in [5.74, 6) is 2.06. The SMILES string of the molecule is CC1CCN(C(=O)CCCCC(=O)N2CCC3CCCC=C3C2)CC1. The lowest BCUT2D eigenvalue weighted by Crippen LogP contribution is -2.40. The van der Waals surface area contributed by atoms with E-state index in [-0.39, 0.29) is 11.8 Å². The minimum atomic E-state index is 0.282. The molecule has 2 heterocycles. The number of hydrogen-bond donors (Lipinski definition) is 0. The molecule has 0 aromatic heterocycles. The number of nitrogens with zero attached hydrogens (tertiary/aromatic N) is 2. The zero-order chi connectivity index (χ0) is 17.6. The van der Waals surface area contributed by atoms with Gasteiger partial charge in [0.15, 0.2) is 0 Å². The Morgan fingerprint density at radius 1 is 0.960 bits per heavy atom. The van der Waals surface area contributed by atoms with E-state index in [1.807, 2.05) is 9.80 Å². The van der Waals surface area contributed by atoms with Crippen molar-refractivity contribution in [2.24, 2.45) is 11.8 Å². The first-order valence-electron chi connectivity index (χ1n) is 10.4. The molecule has 25 heavy (non-hydrogen) atoms. The van der Waals surface area contributed by atoms with Crippen LogP contribution in [-0.2, 0) is 9.59 Å². The van der Waals surface area contributed by atoms with Crippen LogP contribution >= 0.6 is 0 Å². The zero-order valence-corrected chi connectivity index (χ0v) is 15.8. The monoisotopic (exact) mass is 346 g/mol. The summed E-state index contributed by atoms with van der Waals surface area (Å²) in [5.41, 5.74) is 1.50. The molecule has 4 nitrogen and oxygen atoms in total. The van der Waals surface area contributed by atoms with Gasteiger partial charge in [0.25, 0.3) is 0 Å². The molecule has 0 aromatic carbocycles. The molecule has 0 saturated carbocycles. The zero-order valence-electron chi connectivity index (χ0n) is 15.8. The minimum absolute atomic E-state index is 0.282. The van der Waals surface area contributed by atoms with Crippen molar-refractivity contribution in [3.05, 3.63) is 11.6 Å². The third-order valence-electron chi connectivity index (χ3n) is 6.33. The number of allylic oxidation sites excluding steroid dienone is 1. The van der Waals surface area contributed by atoms with Crippen LogP contribution in [0.25, 0.3) is 0 Å². The molecule has 3 rings (SSSR count). The van der Waals surface area contributed by atoms with Gasteiger partial charge >= 0.3 is 0 Å². The van der Waals surface area contributed by atoms with E-state index in [4.69, 9.17) is 0 Å². The fraction of sp³-hybridized carbons (Fsp3) is 0.810. The van der Waals surface area contributed by atoms with Crippen molar-refractivity contribution < 1.29 is 9.59 Å². The highest BCUT2D eigenvalue weighted by Gasteiger charge is 2.27. The average Bonchev–Trinajstić information content (AvgIpc) is 2.65. The summed E-state index contributed by atoms with van der Waals surface area (Å²) in [4.78, 5) is 28.7. The van der Waals surface area contributed by atoms with E-state index in [0.29, 0.717) is 12.8 Å². The van der Waals surface area contributed by atoms with Gasteiger partial charge in [0.1, 0.15) is 0 Å². The number of carbonyl (C=O) groups excluding carboxylic acids is 2. The predicted octanol–water partition coefficient (Wildman–Crippen LogP) is 3.76. The number of hydrogen-bond acceptors (Lipinski definition) is 2. The molecule has 2 aliphatic heterocycles. The molecule has 2 fully saturated rings. The van der Waals surface area contributed by atoms with Gasteiger partial charge in [0, 0.05) is 39.0 Å². The lowest BCUT2D eigenvalue weighted by molar-refractivity contribution is -0.134. The Balaban J connectivity index is 1.33. The number of likely N-dealkylation sites (tertiary alicyclic amines) is 2. The van der Waals surface area contributed by atoms with Crippen LogP contribution in [0.3, 0.4) is 0 Å². The highest BCUT2D eigenvalue weighted by atomic mass is 16.2. The van der Waals surface area contributed by atoms with Crippen molar-refractivity contribution in [2.75, 3.05) is 26.2 Å². The van der Waals surface area contributed by atoms with E-state index < -0.39 is 0 Å². The molecule has 0 bridgehead atoms. The largest absolute Gasteiger partial charge is 0.343 e. The van der Waals surface area contributed by atoms with E-state index in [1.165, 1.54) is 24.8 Å². The second kappa shape index (κ2) is 8.86. The van der Waals surface area contributed by atoms with Crippen LogP contribution < -0.4 is 0 Å². The summed E-state index contributed by atoms with van der Waals surface area (Å²) >= 11 is 0. The molecular formula is C21H34N2O2. The van der Waals surface area contributed by atoms with Gasteiger partial charge in [0.2, 0.25) is 11.8 Å². The van der Waals surface area contributed by atoms with Crippen LogP contribution in [0.2, 0.25) is 0 Å². The molecule has 1 atom stereocenters. The fourth-order valence-corrected chi connectivity index (χ4v) is 4.48. The molecule has 2 amide bonds. The van der Waals surface area contributed by atoms with Crippen molar-refractivity contribution in [1.29, 1.82) is 0 Å². The molecule has 3 aliphatic rings. The van der Waals surface area contributed by atoms with Gasteiger partial charge in [-0.1, -0.05) is 18.6 Å². The molecule has 0 spiro atoms. The Kier molecular flexibility index (Phi) is 6.55. The van der Waals surface area contributed by atoms with Crippen molar-refractivity contribution >= 4 is 11.8 Å². The second-order valence-corrected chi connectivity index (χ2v) is 8.28. The van der Waals surface area contributed by atoms with Crippen LogP contribution in [0, 0.1) is 11.8 Å². The molecule has 1 unspecified atom stereocenters. The molecule has 2 saturated heterocycles. The average molecular weight is 347 g/mol. The molecule has 1 aliphatic carbocycles. The predicted molar refractivity (Wildman–Crippen MR) is 100 cm³/mol. The van der Waals surface area contributed by atoms with E-state index in [1.54, 1.807) is 0 Å². The molecule has 0 aromatic rings. The van der Waals surface area contributed by atoms with Crippen LogP contribution in [0.4, 0.5) is 0 Å². The number of carbonyl (C=O) groups is 2. The fourth-order valence-electron chi connectivity index (χ4n) is 4.48. The molecular weight excluding hydrogens is 312 g/mol. The van der Waals surface area contributed by atoms with Crippen LogP contribution in [0.1, 0.15) is 71.1 Å². The summed E-state index contributed by atoms with van der Waals surface area (Å²) < 4.78 is 0. The number of amides is 2. The smallest absolute Gasteiger partial charge is 0.222 e. The van der Waals surface area contributed by atoms with Gasteiger partial charge in [-0.3, -0.25) is 9.59 Å². The molecule has 140 valence electrons. The highest BCUT2D eigenvalue weighted by Crippen LogP contribution is 2.32. The number of piperidine rings is 2. The van der Waals surface area contributed by atoms with E-state index >= 15 is 0 Å². The van der Waals surface area contributed by atoms with Gasteiger partial charge in [-0.2, -0.15) is 0 Å². The van der Waals surface area contributed by atoms with Crippen molar-refractivity contribution in [3.8, 4) is 0 Å². The lowest BCUT2D eigenvalue weighted by Gasteiger charge is -2.36. The van der Waals surface area contributed by atoms with E-state index in [0.717, 1.165) is 70.1 Å². The number of unbranched alkanes of at least 4 members (excludes halogenated alkanes) is 1. The Morgan fingerprint density at radius 3 is 2.32 bits per heavy atom. The van der Waals surface area contributed by atoms with Gasteiger partial charge in [-0.05, 0) is 63.2 Å². The van der Waals surface area contributed by atoms with Crippen molar-refractivity contribution in [2.45, 2.75) is 71.1 Å². The standard InChI is InChI=1S/C21H34N2O2/c1-17-10-13-22(14-11-17)20(24)8-4-5-9-21(25)23-15-12-18-6-2-3-7-19(18)16-23/h7,17-18H,2-6,8-16H2,1H3. The Hall–Kier alpha value is -1.32. The third kappa shape index (κ3) is 5.08. The number of rotatable bonds is 5. The van der Waals surface area contributed by atoms with Gasteiger partial charge < -0.3 is 9.80 Å². The molecule has 0 radical (unpaired) electrons. The van der Waals surface area contributed by atoms with Crippen LogP contribution in [0.5, 0.6) is 0 Å². The summed E-state index contributed by atoms with van der Waals surface area (Å²) in [6.45, 7) is 5.88. The normalized spacial score (nSPS) is 24.7. The van der Waals surface area contributed by atoms with Crippen molar-refractivity contribution in [3.63, 3.8) is 0 Å². The maximum atomic E-state index is 12.5. The van der Waals surface area contributed by atoms with Gasteiger partial charge in [0.05, 0.1) is 0 Å². The van der Waals surface area contributed by atoms with Crippen LogP contribution in [-0.4, -0.2) is 47.8 Å². The van der Waals surface area contributed by atoms with Gasteiger partial charge in [-0.15, -0.1) is 0 Å². The van der Waals surface area contributed by atoms with Gasteiger partial charge in [-0.25, -0.2) is 0 Å². The second-order valence-electron chi connectivity index (χ2n) is 8.28. The Bertz CT molecular complexity index is 506. The first-order valence-corrected chi connectivity index (χ1v) is 10.4. The third-order valence-corrected chi connectivity index (χ3v) is 6.33. The Labute approximate surface area is 152 Å². The van der Waals surface area contributed by atoms with Crippen LogP contribution in [0.15, 0.2) is 11.6 Å². The maximum Gasteiger partial charge on any atom is 0.222 e. The quantitative estimate of drug-likeness (QED) is 0.562. The van der Waals surface area contributed by atoms with E-state index in [9.17, 15) is 9.59 Å². The van der Waals surface area contributed by atoms with E-state index in [2.05, 4.69) is 13.0 Å². The number of fused-ring (bicyclic) bond motifs is 1. The first kappa shape index (κ1) is 18.5. The maximum absolute atomic E-state index is 12.5. The molecule has 4 heteroatoms. The summed E-state index contributed by atoms with van der Waals surface area (Å²) in [6, 6.07) is 0. The Morgan fingerprint density at radius 2 is 1.60 bits per heavy atom. The summed E-state index contributed by atoms with van der Waals surface area (Å²) in [5, 5.41) is 0. The summed E-state index contributed by atoms with van der Waals surface area (Å²) in [7, 11) is 0. The molecule has 0 N–H and O–H groups in total. The first-order chi connectivity index (χ1) is 12.1.